The van der Waals surface area contributed by atoms with E-state index >= 15 is 0 Å². The fourth-order valence-corrected chi connectivity index (χ4v) is 1.88. The quantitative estimate of drug-likeness (QED) is 0.876. The fourth-order valence-electron chi connectivity index (χ4n) is 1.75. The lowest BCUT2D eigenvalue weighted by Crippen LogP contribution is -2.38. The van der Waals surface area contributed by atoms with Crippen LogP contribution in [0.5, 0.6) is 0 Å². The minimum atomic E-state index is -1.19. The zero-order valence-corrected chi connectivity index (χ0v) is 11.6. The number of nitrogens with zero attached hydrogens (tertiary/aromatic N) is 2. The van der Waals surface area contributed by atoms with Crippen LogP contribution in [0, 0.1) is 0 Å². The maximum absolute atomic E-state index is 12.0. The third-order valence-electron chi connectivity index (χ3n) is 2.75. The summed E-state index contributed by atoms with van der Waals surface area (Å²) in [5.41, 5.74) is 0.652. The van der Waals surface area contributed by atoms with E-state index in [-0.39, 0.29) is 18.6 Å². The fraction of sp³-hybridized carbons (Fsp3) is 0.231. The van der Waals surface area contributed by atoms with Gasteiger partial charge in [-0.2, -0.15) is 5.10 Å². The summed E-state index contributed by atoms with van der Waals surface area (Å²) in [4.78, 5) is 34.2. The average molecular weight is 310 g/mol. The highest BCUT2D eigenvalue weighted by molar-refractivity contribution is 6.43. The Labute approximate surface area is 125 Å². The van der Waals surface area contributed by atoms with Gasteiger partial charge in [-0.05, 0) is 24.3 Å². The first-order valence-electron chi connectivity index (χ1n) is 6.12. The number of carbonyl (C=O) groups excluding carboxylic acids is 2. The molecule has 8 heteroatoms. The second-order valence-electron chi connectivity index (χ2n) is 4.35. The minimum absolute atomic E-state index is 0.0557. The summed E-state index contributed by atoms with van der Waals surface area (Å²) in [6.07, 6.45) is 0.231. The molecule has 0 fully saturated rings. The second-order valence-corrected chi connectivity index (χ2v) is 4.79. The normalized spacial score (nSPS) is 14.6. The average Bonchev–Trinajstić information content (AvgIpc) is 2.43. The first-order chi connectivity index (χ1) is 9.95. The van der Waals surface area contributed by atoms with Gasteiger partial charge in [0.05, 0.1) is 0 Å². The topological polar surface area (TPSA) is 99.1 Å². The van der Waals surface area contributed by atoms with E-state index < -0.39 is 24.3 Å². The molecule has 0 atom stereocenters. The van der Waals surface area contributed by atoms with Gasteiger partial charge in [-0.25, -0.2) is 5.01 Å². The number of hydrogen-bond acceptors (Lipinski definition) is 4. The van der Waals surface area contributed by atoms with E-state index in [0.29, 0.717) is 10.7 Å². The van der Waals surface area contributed by atoms with Gasteiger partial charge in [0.2, 0.25) is 5.91 Å². The monoisotopic (exact) mass is 309 g/mol. The molecule has 1 aromatic rings. The summed E-state index contributed by atoms with van der Waals surface area (Å²) in [5, 5.41) is 16.4. The molecule has 0 bridgehead atoms. The number of anilines is 1. The molecule has 0 aromatic heterocycles. The maximum Gasteiger partial charge on any atom is 0.325 e. The minimum Gasteiger partial charge on any atom is -0.480 e. The first-order valence-corrected chi connectivity index (χ1v) is 6.50. The standard InChI is InChI=1S/C13H12ClN3O4/c14-8-1-3-9(4-2-8)15-13(21)10-5-6-11(18)17(16-10)7-12(19)20/h1-4H,5-7H2,(H,15,21)(H,19,20). The van der Waals surface area contributed by atoms with Gasteiger partial charge < -0.3 is 10.4 Å². The lowest BCUT2D eigenvalue weighted by Gasteiger charge is -2.21. The van der Waals surface area contributed by atoms with Crippen LogP contribution in [0.4, 0.5) is 5.69 Å². The summed E-state index contributed by atoms with van der Waals surface area (Å²) < 4.78 is 0. The van der Waals surface area contributed by atoms with Crippen LogP contribution < -0.4 is 5.32 Å². The molecular formula is C13H12ClN3O4. The third-order valence-corrected chi connectivity index (χ3v) is 3.01. The van der Waals surface area contributed by atoms with Gasteiger partial charge >= 0.3 is 5.97 Å². The number of hydrazone groups is 1. The van der Waals surface area contributed by atoms with Crippen LogP contribution in [0.2, 0.25) is 5.02 Å². The Kier molecular flexibility index (Phi) is 4.54. The molecule has 2 amide bonds. The zero-order chi connectivity index (χ0) is 15.4. The van der Waals surface area contributed by atoms with Crippen molar-refractivity contribution in [1.82, 2.24) is 5.01 Å². The Bertz CT molecular complexity index is 612. The molecule has 21 heavy (non-hydrogen) atoms. The van der Waals surface area contributed by atoms with E-state index in [1.54, 1.807) is 24.3 Å². The molecule has 1 aliphatic heterocycles. The number of hydrogen-bond donors (Lipinski definition) is 2. The van der Waals surface area contributed by atoms with Crippen LogP contribution in [0.1, 0.15) is 12.8 Å². The Hall–Kier alpha value is -2.41. The molecule has 110 valence electrons. The summed E-state index contributed by atoms with van der Waals surface area (Å²) in [6.45, 7) is -0.559. The van der Waals surface area contributed by atoms with E-state index in [1.165, 1.54) is 0 Å². The Morgan fingerprint density at radius 1 is 1.29 bits per heavy atom. The number of carbonyl (C=O) groups is 3. The van der Waals surface area contributed by atoms with Gasteiger partial charge in [-0.3, -0.25) is 14.4 Å². The summed E-state index contributed by atoms with van der Waals surface area (Å²) in [6, 6.07) is 6.51. The summed E-state index contributed by atoms with van der Waals surface area (Å²) in [5.74, 6) is -2.08. The summed E-state index contributed by atoms with van der Waals surface area (Å²) in [7, 11) is 0. The summed E-state index contributed by atoms with van der Waals surface area (Å²) >= 11 is 5.74. The highest BCUT2D eigenvalue weighted by atomic mass is 35.5. The van der Waals surface area contributed by atoms with E-state index in [0.717, 1.165) is 5.01 Å². The van der Waals surface area contributed by atoms with E-state index in [2.05, 4.69) is 10.4 Å². The molecular weight excluding hydrogens is 298 g/mol. The number of halogens is 1. The van der Waals surface area contributed by atoms with Crippen LogP contribution in [0.3, 0.4) is 0 Å². The van der Waals surface area contributed by atoms with Crippen molar-refractivity contribution in [3.63, 3.8) is 0 Å². The van der Waals surface area contributed by atoms with E-state index in [4.69, 9.17) is 16.7 Å². The molecule has 0 unspecified atom stereocenters. The van der Waals surface area contributed by atoms with E-state index in [1.807, 2.05) is 0 Å². The van der Waals surface area contributed by atoms with Crippen molar-refractivity contribution < 1.29 is 19.5 Å². The molecule has 7 nitrogen and oxygen atoms in total. The molecule has 1 heterocycles. The van der Waals surface area contributed by atoms with Crippen LogP contribution in [-0.4, -0.2) is 40.2 Å². The predicted octanol–water partition coefficient (Wildman–Crippen LogP) is 1.34. The number of rotatable bonds is 4. The Balaban J connectivity index is 2.09. The lowest BCUT2D eigenvalue weighted by atomic mass is 10.1. The third kappa shape index (κ3) is 4.03. The largest absolute Gasteiger partial charge is 0.480 e. The van der Waals surface area contributed by atoms with Crippen LogP contribution in [-0.2, 0) is 14.4 Å². The molecule has 1 aromatic carbocycles. The maximum atomic E-state index is 12.0. The number of carboxylic acids is 1. The van der Waals surface area contributed by atoms with E-state index in [9.17, 15) is 14.4 Å². The van der Waals surface area contributed by atoms with Gasteiger partial charge in [-0.1, -0.05) is 11.6 Å². The smallest absolute Gasteiger partial charge is 0.325 e. The van der Waals surface area contributed by atoms with Crippen molar-refractivity contribution in [2.24, 2.45) is 5.10 Å². The molecule has 0 radical (unpaired) electrons. The SMILES string of the molecule is O=C(O)CN1N=C(C(=O)Nc2ccc(Cl)cc2)CCC1=O. The number of carboxylic acid groups (broad SMARTS) is 1. The molecule has 1 aliphatic rings. The Morgan fingerprint density at radius 3 is 2.57 bits per heavy atom. The highest BCUT2D eigenvalue weighted by Crippen LogP contribution is 2.15. The van der Waals surface area contributed by atoms with Crippen molar-refractivity contribution in [1.29, 1.82) is 0 Å². The Morgan fingerprint density at radius 2 is 1.95 bits per heavy atom. The lowest BCUT2D eigenvalue weighted by molar-refractivity contribution is -0.144. The van der Waals surface area contributed by atoms with Crippen molar-refractivity contribution in [2.45, 2.75) is 12.8 Å². The zero-order valence-electron chi connectivity index (χ0n) is 10.9. The van der Waals surface area contributed by atoms with Crippen molar-refractivity contribution >= 4 is 40.8 Å². The van der Waals surface area contributed by atoms with Crippen molar-refractivity contribution in [3.05, 3.63) is 29.3 Å². The highest BCUT2D eigenvalue weighted by Gasteiger charge is 2.25. The number of amides is 2. The molecule has 0 saturated heterocycles. The van der Waals surface area contributed by atoms with Gasteiger partial charge in [0, 0.05) is 23.6 Å². The van der Waals surface area contributed by atoms with Crippen LogP contribution in [0.25, 0.3) is 0 Å². The van der Waals surface area contributed by atoms with Crippen molar-refractivity contribution in [2.75, 3.05) is 11.9 Å². The predicted molar refractivity (Wildman–Crippen MR) is 76.1 cm³/mol. The number of aliphatic carboxylic acids is 1. The van der Waals surface area contributed by atoms with Gasteiger partial charge in [0.1, 0.15) is 12.3 Å². The van der Waals surface area contributed by atoms with Crippen LogP contribution >= 0.6 is 11.6 Å². The molecule has 2 rings (SSSR count). The van der Waals surface area contributed by atoms with Crippen LogP contribution in [0.15, 0.2) is 29.4 Å². The van der Waals surface area contributed by atoms with Gasteiger partial charge in [0.25, 0.3) is 5.91 Å². The van der Waals surface area contributed by atoms with Gasteiger partial charge in [-0.15, -0.1) is 0 Å². The number of benzene rings is 1. The molecule has 0 spiro atoms. The molecule has 2 N–H and O–H groups in total. The molecule has 0 saturated carbocycles. The van der Waals surface area contributed by atoms with Gasteiger partial charge in [0.15, 0.2) is 0 Å². The molecule has 0 aliphatic carbocycles. The van der Waals surface area contributed by atoms with Crippen molar-refractivity contribution in [3.8, 4) is 0 Å². The second kappa shape index (κ2) is 6.36. The first kappa shape index (κ1) is 15.0. The number of nitrogens with one attached hydrogen (secondary N) is 1.